The number of allylic oxidation sites excluding steroid dienone is 16. The summed E-state index contributed by atoms with van der Waals surface area (Å²) in [4.78, 5) is 72.9. The maximum Gasteiger partial charge on any atom is 0.472 e. The monoisotopic (exact) mass is 1450 g/mol. The number of unbranched alkanes of at least 4 members (excludes halogenated alkanes) is 32. The van der Waals surface area contributed by atoms with Crippen LogP contribution in [0.2, 0.25) is 0 Å². The molecule has 0 spiro atoms. The van der Waals surface area contributed by atoms with Gasteiger partial charge in [0.05, 0.1) is 26.4 Å². The summed E-state index contributed by atoms with van der Waals surface area (Å²) in [6.45, 7) is 4.64. The van der Waals surface area contributed by atoms with Gasteiger partial charge in [-0.3, -0.25) is 37.3 Å². The number of hydrogen-bond donors (Lipinski definition) is 3. The van der Waals surface area contributed by atoms with Crippen LogP contribution in [-0.2, 0) is 65.4 Å². The zero-order chi connectivity index (χ0) is 73.2. The zero-order valence-electron chi connectivity index (χ0n) is 63.1. The van der Waals surface area contributed by atoms with Crippen LogP contribution in [0.25, 0.3) is 0 Å². The molecule has 0 fully saturated rings. The van der Waals surface area contributed by atoms with E-state index in [0.29, 0.717) is 25.7 Å². The summed E-state index contributed by atoms with van der Waals surface area (Å²) in [6, 6.07) is 0. The normalized spacial score (nSPS) is 14.4. The number of phosphoric acid groups is 2. The van der Waals surface area contributed by atoms with E-state index < -0.39 is 97.5 Å². The summed E-state index contributed by atoms with van der Waals surface area (Å²) in [6.07, 6.45) is 76.8. The van der Waals surface area contributed by atoms with Crippen LogP contribution in [0.15, 0.2) is 97.2 Å². The fourth-order valence-corrected chi connectivity index (χ4v) is 12.2. The number of aliphatic hydroxyl groups is 1. The maximum atomic E-state index is 13.1. The van der Waals surface area contributed by atoms with E-state index in [2.05, 4.69) is 125 Å². The molecule has 578 valence electrons. The Morgan fingerprint density at radius 1 is 0.290 bits per heavy atom. The SMILES string of the molecule is CC/C=C\C/C=C\C/C=C\C/C=C\C/C=C\CCCCCC(=O)OCC(COP(=O)(O)OCC(O)COP(=O)(O)OCC(COC(=O)CCCCCCCCC/C=C\C/C=C\C/C=C\CC)OC(=O)CCCCCCCCCCCCCCC)OC(=O)CCCCCCCCCCCCC. The van der Waals surface area contributed by atoms with E-state index >= 15 is 0 Å². The van der Waals surface area contributed by atoms with Crippen molar-refractivity contribution in [1.29, 1.82) is 0 Å². The number of rotatable bonds is 74. The molecule has 19 heteroatoms. The van der Waals surface area contributed by atoms with Crippen LogP contribution in [0.1, 0.15) is 336 Å². The molecule has 0 aliphatic carbocycles. The van der Waals surface area contributed by atoms with Crippen molar-refractivity contribution in [3.63, 3.8) is 0 Å². The van der Waals surface area contributed by atoms with Gasteiger partial charge in [-0.25, -0.2) is 9.13 Å². The van der Waals surface area contributed by atoms with Gasteiger partial charge >= 0.3 is 39.5 Å². The molecular weight excluding hydrogens is 1310 g/mol. The van der Waals surface area contributed by atoms with Gasteiger partial charge in [0.1, 0.15) is 19.3 Å². The Hall–Kier alpha value is -4.02. The van der Waals surface area contributed by atoms with E-state index in [0.717, 1.165) is 167 Å². The van der Waals surface area contributed by atoms with Gasteiger partial charge in [-0.15, -0.1) is 0 Å². The van der Waals surface area contributed by atoms with Crippen molar-refractivity contribution in [2.24, 2.45) is 0 Å². The minimum Gasteiger partial charge on any atom is -0.462 e. The zero-order valence-corrected chi connectivity index (χ0v) is 64.9. The molecule has 5 unspecified atom stereocenters. The van der Waals surface area contributed by atoms with E-state index in [9.17, 15) is 43.2 Å². The van der Waals surface area contributed by atoms with Crippen molar-refractivity contribution in [3.05, 3.63) is 97.2 Å². The molecule has 0 heterocycles. The third-order valence-electron chi connectivity index (χ3n) is 16.6. The van der Waals surface area contributed by atoms with Crippen molar-refractivity contribution < 1.29 is 80.2 Å². The summed E-state index contributed by atoms with van der Waals surface area (Å²) >= 11 is 0. The average Bonchev–Trinajstić information content (AvgIpc) is 1.02. The van der Waals surface area contributed by atoms with Gasteiger partial charge in [0, 0.05) is 25.7 Å². The van der Waals surface area contributed by atoms with Crippen LogP contribution < -0.4 is 0 Å². The van der Waals surface area contributed by atoms with Crippen LogP contribution >= 0.6 is 15.6 Å². The standard InChI is InChI=1S/C81H142O17P2/c1-5-9-13-17-21-25-29-32-34-36-37-39-41-44-47-50-54-58-62-66-78(83)91-71-76(97-80(85)67-63-59-55-51-45-28-24-20-16-12-8-4)73-95-99(87,88)93-69-75(82)70-94-100(89,90)96-74-77(98-81(86)68-64-60-56-52-48-42-31-27-23-19-15-11-7-3)72-92-79(84)65-61-57-53-49-46-43-40-38-35-33-30-26-22-18-14-10-6-2/h9-10,13-14,21-22,25-26,32-35,37,39,44,47,75-77,82H,5-8,11-12,15-20,23-24,27-31,36,38,40-43,45-46,48-74H2,1-4H3,(H,87,88)(H,89,90)/b13-9-,14-10-,25-21-,26-22-,34-32-,35-33-,39-37-,47-44-. The molecule has 0 bridgehead atoms. The summed E-state index contributed by atoms with van der Waals surface area (Å²) in [7, 11) is -9.95. The first-order valence-corrected chi connectivity index (χ1v) is 42.5. The van der Waals surface area contributed by atoms with Gasteiger partial charge in [0.15, 0.2) is 12.2 Å². The Bertz CT molecular complexity index is 2270. The highest BCUT2D eigenvalue weighted by Gasteiger charge is 2.30. The topological polar surface area (TPSA) is 237 Å². The molecule has 0 aliphatic heterocycles. The van der Waals surface area contributed by atoms with Crippen LogP contribution in [0.3, 0.4) is 0 Å². The largest absolute Gasteiger partial charge is 0.472 e. The van der Waals surface area contributed by atoms with E-state index in [1.165, 1.54) is 89.9 Å². The van der Waals surface area contributed by atoms with Crippen molar-refractivity contribution in [2.45, 2.75) is 354 Å². The maximum absolute atomic E-state index is 13.1. The number of phosphoric ester groups is 2. The predicted molar refractivity (Wildman–Crippen MR) is 409 cm³/mol. The minimum absolute atomic E-state index is 0.0901. The fourth-order valence-electron chi connectivity index (χ4n) is 10.6. The van der Waals surface area contributed by atoms with Crippen molar-refractivity contribution >= 4 is 39.5 Å². The Balaban J connectivity index is 5.32. The molecule has 0 saturated carbocycles. The van der Waals surface area contributed by atoms with Gasteiger partial charge in [0.25, 0.3) is 0 Å². The van der Waals surface area contributed by atoms with Crippen LogP contribution in [0.4, 0.5) is 0 Å². The number of ether oxygens (including phenoxy) is 4. The van der Waals surface area contributed by atoms with Crippen LogP contribution in [0, 0.1) is 0 Å². The molecule has 0 aliphatic rings. The lowest BCUT2D eigenvalue weighted by Crippen LogP contribution is -2.30. The number of hydrogen-bond acceptors (Lipinski definition) is 15. The van der Waals surface area contributed by atoms with Gasteiger partial charge in [-0.05, 0) is 103 Å². The highest BCUT2D eigenvalue weighted by molar-refractivity contribution is 7.47. The molecule has 3 N–H and O–H groups in total. The first-order chi connectivity index (χ1) is 48.7. The quantitative estimate of drug-likeness (QED) is 0.0169. The van der Waals surface area contributed by atoms with Gasteiger partial charge in [-0.2, -0.15) is 0 Å². The van der Waals surface area contributed by atoms with Crippen molar-refractivity contribution in [3.8, 4) is 0 Å². The van der Waals surface area contributed by atoms with Gasteiger partial charge < -0.3 is 33.8 Å². The van der Waals surface area contributed by atoms with Crippen LogP contribution in [0.5, 0.6) is 0 Å². The van der Waals surface area contributed by atoms with E-state index in [1.807, 2.05) is 0 Å². The molecule has 0 rings (SSSR count). The summed E-state index contributed by atoms with van der Waals surface area (Å²) in [5, 5.41) is 10.6. The Morgan fingerprint density at radius 3 is 0.810 bits per heavy atom. The second-order valence-electron chi connectivity index (χ2n) is 26.3. The number of esters is 4. The summed E-state index contributed by atoms with van der Waals surface area (Å²) in [5.74, 6) is -2.20. The van der Waals surface area contributed by atoms with E-state index in [1.54, 1.807) is 0 Å². The van der Waals surface area contributed by atoms with Gasteiger partial charge in [-0.1, -0.05) is 305 Å². The Morgan fingerprint density at radius 2 is 0.520 bits per heavy atom. The van der Waals surface area contributed by atoms with Crippen molar-refractivity contribution in [2.75, 3.05) is 39.6 Å². The lowest BCUT2D eigenvalue weighted by molar-refractivity contribution is -0.161. The molecule has 0 aromatic heterocycles. The summed E-state index contributed by atoms with van der Waals surface area (Å²) in [5.41, 5.74) is 0. The smallest absolute Gasteiger partial charge is 0.462 e. The summed E-state index contributed by atoms with van der Waals surface area (Å²) < 4.78 is 68.5. The lowest BCUT2D eigenvalue weighted by atomic mass is 10.0. The minimum atomic E-state index is -4.98. The predicted octanol–water partition coefficient (Wildman–Crippen LogP) is 22.8. The highest BCUT2D eigenvalue weighted by Crippen LogP contribution is 2.45. The highest BCUT2D eigenvalue weighted by atomic mass is 31.2. The molecule has 17 nitrogen and oxygen atoms in total. The fraction of sp³-hybridized carbons (Fsp3) is 0.753. The molecule has 0 amide bonds. The van der Waals surface area contributed by atoms with E-state index in [4.69, 9.17) is 37.0 Å². The average molecular weight is 1450 g/mol. The van der Waals surface area contributed by atoms with Crippen molar-refractivity contribution in [1.82, 2.24) is 0 Å². The molecule has 5 atom stereocenters. The molecule has 0 radical (unpaired) electrons. The number of aliphatic hydroxyl groups excluding tert-OH is 1. The third kappa shape index (κ3) is 72.3. The van der Waals surface area contributed by atoms with Gasteiger partial charge in [0.2, 0.25) is 0 Å². The van der Waals surface area contributed by atoms with E-state index in [-0.39, 0.29) is 25.7 Å². The first kappa shape index (κ1) is 96.0. The van der Waals surface area contributed by atoms with Crippen LogP contribution in [-0.4, -0.2) is 96.7 Å². The first-order valence-electron chi connectivity index (χ1n) is 39.5. The molecular formula is C81H142O17P2. The molecule has 100 heavy (non-hydrogen) atoms. The molecule has 0 saturated heterocycles. The third-order valence-corrected chi connectivity index (χ3v) is 18.5. The Kier molecular flexibility index (Phi) is 70.4. The second kappa shape index (κ2) is 73.3. The molecule has 0 aromatic rings. The number of carbonyl (C=O) groups is 4. The Labute approximate surface area is 607 Å². The molecule has 0 aromatic carbocycles. The number of carbonyl (C=O) groups excluding carboxylic acids is 4. The second-order valence-corrected chi connectivity index (χ2v) is 29.2. The lowest BCUT2D eigenvalue weighted by Gasteiger charge is -2.21.